The molecule has 7 nitrogen and oxygen atoms in total. The van der Waals surface area contributed by atoms with E-state index in [1.165, 1.54) is 7.05 Å². The van der Waals surface area contributed by atoms with E-state index in [9.17, 15) is 14.7 Å². The van der Waals surface area contributed by atoms with Crippen LogP contribution in [0.3, 0.4) is 0 Å². The zero-order chi connectivity index (χ0) is 17.6. The summed E-state index contributed by atoms with van der Waals surface area (Å²) >= 11 is 0. The minimum Gasteiger partial charge on any atom is -0.497 e. The molecule has 24 heavy (non-hydrogen) atoms. The first-order chi connectivity index (χ1) is 11.5. The summed E-state index contributed by atoms with van der Waals surface area (Å²) in [7, 11) is 3.08. The number of amides is 2. The minimum atomic E-state index is -1.37. The summed E-state index contributed by atoms with van der Waals surface area (Å²) in [6.45, 7) is 0.825. The fraction of sp³-hybridized carbons (Fsp3) is 0.529. The van der Waals surface area contributed by atoms with E-state index >= 15 is 0 Å². The van der Waals surface area contributed by atoms with E-state index in [1.54, 1.807) is 12.0 Å². The fourth-order valence-electron chi connectivity index (χ4n) is 2.69. The molecule has 0 aromatic heterocycles. The second kappa shape index (κ2) is 8.12. The molecule has 0 radical (unpaired) electrons. The zero-order valence-corrected chi connectivity index (χ0v) is 14.1. The molecule has 2 rings (SSSR count). The first kappa shape index (κ1) is 18.2. The summed E-state index contributed by atoms with van der Waals surface area (Å²) in [5, 5.41) is 13.1. The second-order valence-corrected chi connectivity index (χ2v) is 5.97. The molecule has 2 amide bonds. The Morgan fingerprint density at radius 3 is 2.96 bits per heavy atom. The van der Waals surface area contributed by atoms with Crippen molar-refractivity contribution in [2.45, 2.75) is 18.4 Å². The SMILES string of the molecule is CNC(=O)C[C@]1(O)COCCN(C(=O)Cc2cccc(OC)c2)C1. The molecule has 132 valence electrons. The van der Waals surface area contributed by atoms with Gasteiger partial charge in [0.1, 0.15) is 11.4 Å². The zero-order valence-electron chi connectivity index (χ0n) is 14.1. The van der Waals surface area contributed by atoms with Crippen LogP contribution in [0.25, 0.3) is 0 Å². The third kappa shape index (κ3) is 4.94. The highest BCUT2D eigenvalue weighted by atomic mass is 16.5. The van der Waals surface area contributed by atoms with Crippen molar-refractivity contribution in [2.24, 2.45) is 0 Å². The highest BCUT2D eigenvalue weighted by molar-refractivity contribution is 5.80. The molecule has 1 aromatic carbocycles. The Bertz CT molecular complexity index is 592. The van der Waals surface area contributed by atoms with Crippen molar-refractivity contribution in [1.29, 1.82) is 0 Å². The molecule has 0 unspecified atom stereocenters. The number of aliphatic hydroxyl groups is 1. The molecule has 0 saturated carbocycles. The summed E-state index contributed by atoms with van der Waals surface area (Å²) < 4.78 is 10.5. The highest BCUT2D eigenvalue weighted by Crippen LogP contribution is 2.19. The summed E-state index contributed by atoms with van der Waals surface area (Å²) in [6.07, 6.45) is 0.0969. The van der Waals surface area contributed by atoms with Crippen LogP contribution in [0.1, 0.15) is 12.0 Å². The number of benzene rings is 1. The monoisotopic (exact) mass is 336 g/mol. The van der Waals surface area contributed by atoms with Gasteiger partial charge in [-0.2, -0.15) is 0 Å². The van der Waals surface area contributed by atoms with Gasteiger partial charge >= 0.3 is 0 Å². The Balaban J connectivity index is 2.05. The molecule has 1 aliphatic heterocycles. The van der Waals surface area contributed by atoms with Crippen molar-refractivity contribution < 1.29 is 24.2 Å². The normalized spacial score (nSPS) is 21.0. The number of β-amino-alcohol motifs (C(OH)–C–C–N with tert-alkyl or cyclic N) is 1. The lowest BCUT2D eigenvalue weighted by molar-refractivity contribution is -0.137. The largest absolute Gasteiger partial charge is 0.497 e. The average Bonchev–Trinajstić information content (AvgIpc) is 2.76. The van der Waals surface area contributed by atoms with Crippen LogP contribution in [0.4, 0.5) is 0 Å². The first-order valence-electron chi connectivity index (χ1n) is 7.87. The smallest absolute Gasteiger partial charge is 0.227 e. The molecular formula is C17H24N2O5. The lowest BCUT2D eigenvalue weighted by atomic mass is 9.99. The Labute approximate surface area is 141 Å². The number of rotatable bonds is 5. The lowest BCUT2D eigenvalue weighted by Gasteiger charge is -2.30. The van der Waals surface area contributed by atoms with Crippen LogP contribution in [0, 0.1) is 0 Å². The summed E-state index contributed by atoms with van der Waals surface area (Å²) in [6, 6.07) is 7.30. The number of nitrogens with zero attached hydrogens (tertiary/aromatic N) is 1. The van der Waals surface area contributed by atoms with Gasteiger partial charge < -0.3 is 24.8 Å². The van der Waals surface area contributed by atoms with Gasteiger partial charge in [0.25, 0.3) is 0 Å². The van der Waals surface area contributed by atoms with Crippen LogP contribution in [-0.4, -0.2) is 67.9 Å². The van der Waals surface area contributed by atoms with Gasteiger partial charge in [0, 0.05) is 13.6 Å². The fourth-order valence-corrected chi connectivity index (χ4v) is 2.69. The van der Waals surface area contributed by atoms with E-state index in [1.807, 2.05) is 24.3 Å². The Hall–Kier alpha value is -2.12. The van der Waals surface area contributed by atoms with Crippen molar-refractivity contribution in [1.82, 2.24) is 10.2 Å². The van der Waals surface area contributed by atoms with Gasteiger partial charge in [-0.1, -0.05) is 12.1 Å². The number of hydrogen-bond acceptors (Lipinski definition) is 5. The van der Waals surface area contributed by atoms with Gasteiger partial charge in [-0.25, -0.2) is 0 Å². The van der Waals surface area contributed by atoms with Gasteiger partial charge in [0.05, 0.1) is 39.7 Å². The molecule has 1 fully saturated rings. The van der Waals surface area contributed by atoms with Crippen LogP contribution >= 0.6 is 0 Å². The van der Waals surface area contributed by atoms with Crippen LogP contribution in [0.5, 0.6) is 5.75 Å². The van der Waals surface area contributed by atoms with Crippen LogP contribution in [0.15, 0.2) is 24.3 Å². The van der Waals surface area contributed by atoms with E-state index in [-0.39, 0.29) is 37.8 Å². The third-order valence-corrected chi connectivity index (χ3v) is 3.97. The standard InChI is InChI=1S/C17H24N2O5/c1-18-15(20)10-17(22)11-19(6-7-24-12-17)16(21)9-13-4-3-5-14(8-13)23-2/h3-5,8,22H,6-7,9-12H2,1-2H3,(H,18,20)/t17-/m1/s1. The topological polar surface area (TPSA) is 88.1 Å². The second-order valence-electron chi connectivity index (χ2n) is 5.97. The molecule has 0 aliphatic carbocycles. The summed E-state index contributed by atoms with van der Waals surface area (Å²) in [5.41, 5.74) is -0.542. The van der Waals surface area contributed by atoms with E-state index in [0.29, 0.717) is 18.9 Å². The molecule has 1 heterocycles. The van der Waals surface area contributed by atoms with E-state index in [2.05, 4.69) is 5.32 Å². The van der Waals surface area contributed by atoms with E-state index in [4.69, 9.17) is 9.47 Å². The third-order valence-electron chi connectivity index (χ3n) is 3.97. The summed E-state index contributed by atoms with van der Waals surface area (Å²) in [4.78, 5) is 25.7. The van der Waals surface area contributed by atoms with Gasteiger partial charge in [0.15, 0.2) is 0 Å². The van der Waals surface area contributed by atoms with Crippen molar-refractivity contribution in [3.05, 3.63) is 29.8 Å². The van der Waals surface area contributed by atoms with Crippen LogP contribution in [-0.2, 0) is 20.7 Å². The molecule has 1 atom stereocenters. The van der Waals surface area contributed by atoms with Gasteiger partial charge in [0.2, 0.25) is 11.8 Å². The predicted molar refractivity (Wildman–Crippen MR) is 87.7 cm³/mol. The molecule has 1 saturated heterocycles. The number of hydrogen-bond donors (Lipinski definition) is 2. The van der Waals surface area contributed by atoms with E-state index < -0.39 is 5.60 Å². The maximum Gasteiger partial charge on any atom is 0.227 e. The van der Waals surface area contributed by atoms with Crippen molar-refractivity contribution in [2.75, 3.05) is 40.5 Å². The number of carbonyl (C=O) groups excluding carboxylic acids is 2. The number of ether oxygens (including phenoxy) is 2. The molecule has 7 heteroatoms. The number of methoxy groups -OCH3 is 1. The molecule has 1 aliphatic rings. The maximum absolute atomic E-state index is 12.6. The van der Waals surface area contributed by atoms with Gasteiger partial charge in [-0.05, 0) is 17.7 Å². The van der Waals surface area contributed by atoms with E-state index in [0.717, 1.165) is 5.56 Å². The summed E-state index contributed by atoms with van der Waals surface area (Å²) in [5.74, 6) is 0.280. The Morgan fingerprint density at radius 2 is 2.25 bits per heavy atom. The maximum atomic E-state index is 12.6. The molecular weight excluding hydrogens is 312 g/mol. The molecule has 0 spiro atoms. The number of carbonyl (C=O) groups is 2. The first-order valence-corrected chi connectivity index (χ1v) is 7.87. The van der Waals surface area contributed by atoms with Crippen molar-refractivity contribution >= 4 is 11.8 Å². The minimum absolute atomic E-state index is 0.0311. The Morgan fingerprint density at radius 1 is 1.46 bits per heavy atom. The van der Waals surface area contributed by atoms with Gasteiger partial charge in [-0.15, -0.1) is 0 Å². The highest BCUT2D eigenvalue weighted by Gasteiger charge is 2.36. The predicted octanol–water partition coefficient (Wildman–Crippen LogP) is -0.0363. The lowest BCUT2D eigenvalue weighted by Crippen LogP contribution is -2.49. The van der Waals surface area contributed by atoms with Crippen LogP contribution in [0.2, 0.25) is 0 Å². The number of nitrogens with one attached hydrogen (secondary N) is 1. The Kier molecular flexibility index (Phi) is 6.16. The van der Waals surface area contributed by atoms with Crippen molar-refractivity contribution in [3.8, 4) is 5.75 Å². The molecule has 0 bridgehead atoms. The quantitative estimate of drug-likeness (QED) is 0.788. The molecule has 2 N–H and O–H groups in total. The average molecular weight is 336 g/mol. The molecule has 1 aromatic rings. The van der Waals surface area contributed by atoms with Crippen LogP contribution < -0.4 is 10.1 Å². The van der Waals surface area contributed by atoms with Crippen molar-refractivity contribution in [3.63, 3.8) is 0 Å². The van der Waals surface area contributed by atoms with Gasteiger partial charge in [-0.3, -0.25) is 9.59 Å².